The number of nitrogens with two attached hydrogens (primary N) is 1. The molecule has 4 N–H and O–H groups in total. The third-order valence-corrected chi connectivity index (χ3v) is 6.44. The zero-order valence-corrected chi connectivity index (χ0v) is 19.3. The second-order valence-electron chi connectivity index (χ2n) is 8.76. The topological polar surface area (TPSA) is 128 Å². The maximum atomic E-state index is 13.6. The van der Waals surface area contributed by atoms with Crippen LogP contribution in [0.2, 0.25) is 0 Å². The third kappa shape index (κ3) is 4.23. The molecule has 4 aromatic rings. The van der Waals surface area contributed by atoms with Gasteiger partial charge in [0.2, 0.25) is 0 Å². The van der Waals surface area contributed by atoms with Crippen LogP contribution in [-0.4, -0.2) is 33.0 Å². The third-order valence-electron chi connectivity index (χ3n) is 6.44. The second kappa shape index (κ2) is 8.86. The van der Waals surface area contributed by atoms with Crippen LogP contribution in [0.5, 0.6) is 5.75 Å². The molecule has 1 saturated carbocycles. The molecule has 1 fully saturated rings. The number of ether oxygens (including phenoxy) is 1. The van der Waals surface area contributed by atoms with Crippen molar-refractivity contribution in [1.82, 2.24) is 25.3 Å². The van der Waals surface area contributed by atoms with Gasteiger partial charge in [0.05, 0.1) is 24.1 Å². The minimum Gasteiger partial charge on any atom is -0.496 e. The standard InChI is InChI=1S/C25H25FN6O3/c1-13(15-7-8-15)32-22-20(23(27)29-30-25(22)34)21(31-32)16-5-3-14(4-6-16)12-28-24(33)18-11-17(26)9-10-19(18)35-2/h3-6,9-11,13,15H,7-8,12H2,1-2H3,(H2,27,29)(H,28,33)(H,30,34)/t13-/m1/s1. The van der Waals surface area contributed by atoms with E-state index < -0.39 is 11.7 Å². The number of aromatic nitrogens is 4. The Hall–Kier alpha value is -4.21. The summed E-state index contributed by atoms with van der Waals surface area (Å²) in [5, 5.41) is 14.5. The van der Waals surface area contributed by atoms with Gasteiger partial charge in [-0.25, -0.2) is 9.49 Å². The van der Waals surface area contributed by atoms with Crippen molar-refractivity contribution in [2.45, 2.75) is 32.4 Å². The van der Waals surface area contributed by atoms with Crippen LogP contribution < -0.4 is 21.3 Å². The molecule has 10 heteroatoms. The number of nitrogens with one attached hydrogen (secondary N) is 2. The van der Waals surface area contributed by atoms with Crippen molar-refractivity contribution in [3.63, 3.8) is 0 Å². The molecule has 2 aromatic heterocycles. The number of benzene rings is 2. The molecule has 180 valence electrons. The van der Waals surface area contributed by atoms with Crippen molar-refractivity contribution in [1.29, 1.82) is 0 Å². The highest BCUT2D eigenvalue weighted by Crippen LogP contribution is 2.41. The molecular formula is C25H25FN6O3. The number of rotatable bonds is 7. The molecule has 0 spiro atoms. The molecule has 9 nitrogen and oxygen atoms in total. The lowest BCUT2D eigenvalue weighted by Gasteiger charge is -2.11. The summed E-state index contributed by atoms with van der Waals surface area (Å²) in [4.78, 5) is 25.2. The van der Waals surface area contributed by atoms with Crippen molar-refractivity contribution in [2.75, 3.05) is 12.8 Å². The van der Waals surface area contributed by atoms with E-state index >= 15 is 0 Å². The van der Waals surface area contributed by atoms with Gasteiger partial charge < -0.3 is 15.8 Å². The molecular weight excluding hydrogens is 451 g/mol. The number of hydrogen-bond acceptors (Lipinski definition) is 6. The predicted octanol–water partition coefficient (Wildman–Crippen LogP) is 3.42. The molecule has 0 radical (unpaired) electrons. The van der Waals surface area contributed by atoms with Crippen molar-refractivity contribution in [2.24, 2.45) is 5.92 Å². The number of H-pyrrole nitrogens is 1. The van der Waals surface area contributed by atoms with Crippen LogP contribution in [0.15, 0.2) is 47.3 Å². The van der Waals surface area contributed by atoms with Crippen LogP contribution in [0, 0.1) is 11.7 Å². The Morgan fingerprint density at radius 1 is 1.29 bits per heavy atom. The van der Waals surface area contributed by atoms with Gasteiger partial charge in [-0.1, -0.05) is 24.3 Å². The second-order valence-corrected chi connectivity index (χ2v) is 8.76. The summed E-state index contributed by atoms with van der Waals surface area (Å²) in [6, 6.07) is 11.3. The molecule has 1 aliphatic carbocycles. The van der Waals surface area contributed by atoms with Crippen LogP contribution in [0.4, 0.5) is 10.2 Å². The van der Waals surface area contributed by atoms with Gasteiger partial charge in [0, 0.05) is 12.1 Å². The van der Waals surface area contributed by atoms with E-state index in [1.165, 1.54) is 19.2 Å². The Balaban J connectivity index is 1.41. The number of fused-ring (bicyclic) bond motifs is 1. The highest BCUT2D eigenvalue weighted by Gasteiger charge is 2.32. The fourth-order valence-corrected chi connectivity index (χ4v) is 4.31. The van der Waals surface area contributed by atoms with E-state index in [4.69, 9.17) is 15.6 Å². The minimum atomic E-state index is -0.518. The molecule has 0 saturated heterocycles. The number of carbonyl (C=O) groups excluding carboxylic acids is 1. The zero-order chi connectivity index (χ0) is 24.7. The lowest BCUT2D eigenvalue weighted by atomic mass is 10.1. The molecule has 1 atom stereocenters. The number of methoxy groups -OCH3 is 1. The average molecular weight is 477 g/mol. The highest BCUT2D eigenvalue weighted by molar-refractivity contribution is 5.99. The van der Waals surface area contributed by atoms with Gasteiger partial charge in [0.25, 0.3) is 11.5 Å². The van der Waals surface area contributed by atoms with Crippen molar-refractivity contribution in [3.05, 3.63) is 69.8 Å². The van der Waals surface area contributed by atoms with E-state index in [0.29, 0.717) is 28.3 Å². The summed E-state index contributed by atoms with van der Waals surface area (Å²) in [5.41, 5.74) is 8.56. The van der Waals surface area contributed by atoms with Crippen molar-refractivity contribution < 1.29 is 13.9 Å². The molecule has 2 aromatic carbocycles. The molecule has 35 heavy (non-hydrogen) atoms. The molecule has 2 heterocycles. The SMILES string of the molecule is COc1ccc(F)cc1C(=O)NCc1ccc(-c2nn([C@H](C)C3CC3)c3c(=O)[nH]nc(N)c23)cc1. The van der Waals surface area contributed by atoms with E-state index in [9.17, 15) is 14.0 Å². The molecule has 1 amide bonds. The summed E-state index contributed by atoms with van der Waals surface area (Å²) in [6.07, 6.45) is 2.22. The first-order valence-corrected chi connectivity index (χ1v) is 11.3. The Labute approximate surface area is 200 Å². The van der Waals surface area contributed by atoms with Crippen molar-refractivity contribution >= 4 is 22.6 Å². The molecule has 0 aliphatic heterocycles. The maximum Gasteiger partial charge on any atom is 0.290 e. The number of anilines is 1. The zero-order valence-electron chi connectivity index (χ0n) is 19.3. The Morgan fingerprint density at radius 3 is 2.71 bits per heavy atom. The first-order chi connectivity index (χ1) is 16.9. The molecule has 5 rings (SSSR count). The minimum absolute atomic E-state index is 0.0726. The summed E-state index contributed by atoms with van der Waals surface area (Å²) in [6.45, 7) is 2.29. The smallest absolute Gasteiger partial charge is 0.290 e. The van der Waals surface area contributed by atoms with Gasteiger partial charge in [-0.3, -0.25) is 14.3 Å². The Kier molecular flexibility index (Phi) is 5.72. The average Bonchev–Trinajstić information content (AvgIpc) is 3.64. The number of hydrogen-bond donors (Lipinski definition) is 3. The van der Waals surface area contributed by atoms with Gasteiger partial charge >= 0.3 is 0 Å². The number of aromatic amines is 1. The van der Waals surface area contributed by atoms with E-state index in [-0.39, 0.29) is 29.5 Å². The molecule has 0 bridgehead atoms. The molecule has 1 aliphatic rings. The van der Waals surface area contributed by atoms with Gasteiger partial charge in [0.15, 0.2) is 5.82 Å². The Bertz CT molecular complexity index is 1470. The van der Waals surface area contributed by atoms with E-state index in [0.717, 1.165) is 30.0 Å². The van der Waals surface area contributed by atoms with Crippen LogP contribution in [-0.2, 0) is 6.54 Å². The van der Waals surface area contributed by atoms with Gasteiger partial charge in [0.1, 0.15) is 22.8 Å². The van der Waals surface area contributed by atoms with E-state index in [2.05, 4.69) is 22.4 Å². The lowest BCUT2D eigenvalue weighted by Crippen LogP contribution is -2.23. The largest absolute Gasteiger partial charge is 0.496 e. The summed E-state index contributed by atoms with van der Waals surface area (Å²) in [5.74, 6) is 0.0351. The first kappa shape index (κ1) is 22.6. The number of nitrogens with zero attached hydrogens (tertiary/aromatic N) is 3. The van der Waals surface area contributed by atoms with E-state index in [1.54, 1.807) is 4.68 Å². The number of carbonyl (C=O) groups is 1. The predicted molar refractivity (Wildman–Crippen MR) is 130 cm³/mol. The number of amides is 1. The Morgan fingerprint density at radius 2 is 2.03 bits per heavy atom. The number of nitrogen functional groups attached to an aromatic ring is 1. The van der Waals surface area contributed by atoms with Crippen molar-refractivity contribution in [3.8, 4) is 17.0 Å². The maximum absolute atomic E-state index is 13.6. The lowest BCUT2D eigenvalue weighted by molar-refractivity contribution is 0.0947. The summed E-state index contributed by atoms with van der Waals surface area (Å²) >= 11 is 0. The normalized spacial score (nSPS) is 14.1. The van der Waals surface area contributed by atoms with Crippen LogP contribution in [0.25, 0.3) is 22.2 Å². The van der Waals surface area contributed by atoms with Gasteiger partial charge in [-0.05, 0) is 49.4 Å². The summed E-state index contributed by atoms with van der Waals surface area (Å²) < 4.78 is 20.5. The van der Waals surface area contributed by atoms with E-state index in [1.807, 2.05) is 24.3 Å². The van der Waals surface area contributed by atoms with Crippen LogP contribution in [0.3, 0.4) is 0 Å². The van der Waals surface area contributed by atoms with Gasteiger partial charge in [-0.2, -0.15) is 10.2 Å². The van der Waals surface area contributed by atoms with Crippen LogP contribution >= 0.6 is 0 Å². The fourth-order valence-electron chi connectivity index (χ4n) is 4.31. The first-order valence-electron chi connectivity index (χ1n) is 11.3. The monoisotopic (exact) mass is 476 g/mol. The quantitative estimate of drug-likeness (QED) is 0.375. The highest BCUT2D eigenvalue weighted by atomic mass is 19.1. The van der Waals surface area contributed by atoms with Crippen LogP contribution in [0.1, 0.15) is 41.7 Å². The van der Waals surface area contributed by atoms with Gasteiger partial charge in [-0.15, -0.1) is 0 Å². The molecule has 0 unspecified atom stereocenters. The summed E-state index contributed by atoms with van der Waals surface area (Å²) in [7, 11) is 1.43. The fraction of sp³-hybridized carbons (Fsp3) is 0.280. The number of halogens is 1.